The Hall–Kier alpha value is -2.57. The molecule has 142 valence electrons. The minimum Gasteiger partial charge on any atom is -0.328 e. The molecule has 28 heavy (non-hydrogen) atoms. The molecule has 1 aliphatic rings. The maximum absolute atomic E-state index is 12.4. The Labute approximate surface area is 172 Å². The van der Waals surface area contributed by atoms with Crippen LogP contribution >= 0.6 is 23.4 Å². The zero-order chi connectivity index (χ0) is 19.7. The summed E-state index contributed by atoms with van der Waals surface area (Å²) in [5.41, 5.74) is 3.63. The lowest BCUT2D eigenvalue weighted by Gasteiger charge is -2.28. The summed E-state index contributed by atoms with van der Waals surface area (Å²) in [4.78, 5) is 17.0. The summed E-state index contributed by atoms with van der Waals surface area (Å²) in [7, 11) is 0. The van der Waals surface area contributed by atoms with E-state index in [9.17, 15) is 4.79 Å². The zero-order valence-electron chi connectivity index (χ0n) is 15.5. The number of carbonyl (C=O) groups is 1. The van der Waals surface area contributed by atoms with E-state index >= 15 is 0 Å². The minimum atomic E-state index is -0.329. The molecule has 0 bridgehead atoms. The highest BCUT2D eigenvalue weighted by Crippen LogP contribution is 2.37. The van der Waals surface area contributed by atoms with Gasteiger partial charge >= 0.3 is 0 Å². The molecule has 1 aliphatic heterocycles. The van der Waals surface area contributed by atoms with Gasteiger partial charge in [-0.2, -0.15) is 4.98 Å². The second kappa shape index (κ2) is 7.81. The molecule has 0 amide bonds. The van der Waals surface area contributed by atoms with Crippen LogP contribution in [0.3, 0.4) is 0 Å². The van der Waals surface area contributed by atoms with E-state index in [4.69, 9.17) is 16.7 Å². The highest BCUT2D eigenvalue weighted by atomic mass is 35.5. The Kier molecular flexibility index (Phi) is 5.24. The topological polar surface area (TPSA) is 59.8 Å². The number of nitrogens with zero attached hydrogens (tertiary/aromatic N) is 3. The molecular formula is C21H19ClN4OS. The number of anilines is 1. The van der Waals surface area contributed by atoms with Crippen LogP contribution in [0.4, 0.5) is 5.95 Å². The molecule has 7 heteroatoms. The van der Waals surface area contributed by atoms with Crippen molar-refractivity contribution in [2.75, 3.05) is 5.32 Å². The Morgan fingerprint density at radius 1 is 1.18 bits per heavy atom. The summed E-state index contributed by atoms with van der Waals surface area (Å²) in [5.74, 6) is 1.42. The molecule has 1 unspecified atom stereocenters. The largest absolute Gasteiger partial charge is 0.328 e. The predicted molar refractivity (Wildman–Crippen MR) is 113 cm³/mol. The normalized spacial score (nSPS) is 15.9. The van der Waals surface area contributed by atoms with Gasteiger partial charge in [0.2, 0.25) is 11.1 Å². The van der Waals surface area contributed by atoms with Crippen LogP contribution < -0.4 is 5.32 Å². The number of Topliss-reactive ketones (excluding diaryl/α,β-unsaturated/α-hetero) is 1. The monoisotopic (exact) mass is 410 g/mol. The lowest BCUT2D eigenvalue weighted by molar-refractivity contribution is -0.114. The molecule has 2 aromatic carbocycles. The van der Waals surface area contributed by atoms with E-state index in [0.717, 1.165) is 17.0 Å². The number of halogens is 1. The number of allylic oxidation sites excluding steroid dienone is 2. The lowest BCUT2D eigenvalue weighted by Crippen LogP contribution is -2.27. The molecular weight excluding hydrogens is 392 g/mol. The first-order chi connectivity index (χ1) is 13.5. The number of fused-ring (bicyclic) bond motifs is 1. The molecule has 0 radical (unpaired) electrons. The van der Waals surface area contributed by atoms with E-state index in [1.54, 1.807) is 23.4 Å². The third kappa shape index (κ3) is 3.70. The Bertz CT molecular complexity index is 1040. The number of hydrogen-bond donors (Lipinski definition) is 1. The van der Waals surface area contributed by atoms with E-state index in [1.165, 1.54) is 5.56 Å². The number of hydrogen-bond acceptors (Lipinski definition) is 5. The summed E-state index contributed by atoms with van der Waals surface area (Å²) in [6.07, 6.45) is 0. The zero-order valence-corrected chi connectivity index (χ0v) is 17.1. The number of benzene rings is 2. The standard InChI is InChI=1S/C21H19ClN4OS/c1-13-18(14(2)27)19(16-8-10-17(22)11-9-16)26-20(23-13)24-21(25-26)28-12-15-6-4-3-5-7-15/h3-11,19H,12H2,1-2H3,(H,23,24,25). The predicted octanol–water partition coefficient (Wildman–Crippen LogP) is 5.10. The van der Waals surface area contributed by atoms with Crippen molar-refractivity contribution in [3.05, 3.63) is 82.0 Å². The van der Waals surface area contributed by atoms with Crippen LogP contribution in [-0.2, 0) is 10.5 Å². The van der Waals surface area contributed by atoms with E-state index in [2.05, 4.69) is 22.4 Å². The van der Waals surface area contributed by atoms with Gasteiger partial charge in [-0.15, -0.1) is 5.10 Å². The van der Waals surface area contributed by atoms with Crippen LogP contribution in [-0.4, -0.2) is 20.5 Å². The van der Waals surface area contributed by atoms with Crippen molar-refractivity contribution in [2.45, 2.75) is 30.8 Å². The van der Waals surface area contributed by atoms with Crippen molar-refractivity contribution in [1.82, 2.24) is 14.8 Å². The fourth-order valence-electron chi connectivity index (χ4n) is 3.32. The lowest BCUT2D eigenvalue weighted by atomic mass is 9.93. The van der Waals surface area contributed by atoms with Crippen LogP contribution in [0.15, 0.2) is 71.0 Å². The highest BCUT2D eigenvalue weighted by Gasteiger charge is 2.32. The van der Waals surface area contributed by atoms with Crippen molar-refractivity contribution in [1.29, 1.82) is 0 Å². The van der Waals surface area contributed by atoms with Crippen molar-refractivity contribution < 1.29 is 4.79 Å². The van der Waals surface area contributed by atoms with Gasteiger partial charge < -0.3 is 5.32 Å². The smallest absolute Gasteiger partial charge is 0.227 e. The third-order valence-electron chi connectivity index (χ3n) is 4.61. The number of carbonyl (C=O) groups excluding carboxylic acids is 1. The number of ketones is 1. The van der Waals surface area contributed by atoms with E-state index in [0.29, 0.717) is 21.7 Å². The Morgan fingerprint density at radius 3 is 2.57 bits per heavy atom. The third-order valence-corrected chi connectivity index (χ3v) is 5.77. The minimum absolute atomic E-state index is 0.00425. The average molecular weight is 411 g/mol. The molecule has 0 spiro atoms. The van der Waals surface area contributed by atoms with Gasteiger partial charge in [0.25, 0.3) is 0 Å². The molecule has 1 atom stereocenters. The van der Waals surface area contributed by atoms with Gasteiger partial charge in [-0.3, -0.25) is 4.79 Å². The molecule has 5 nitrogen and oxygen atoms in total. The quantitative estimate of drug-likeness (QED) is 0.593. The van der Waals surface area contributed by atoms with Gasteiger partial charge in [0, 0.05) is 22.0 Å². The number of rotatable bonds is 5. The molecule has 0 saturated heterocycles. The summed E-state index contributed by atoms with van der Waals surface area (Å²) < 4.78 is 1.79. The van der Waals surface area contributed by atoms with Gasteiger partial charge in [-0.05, 0) is 37.1 Å². The maximum atomic E-state index is 12.4. The number of aromatic nitrogens is 3. The Morgan fingerprint density at radius 2 is 1.89 bits per heavy atom. The van der Waals surface area contributed by atoms with Crippen LogP contribution in [0.25, 0.3) is 0 Å². The summed E-state index contributed by atoms with van der Waals surface area (Å²) in [5, 5.41) is 9.25. The molecule has 1 N–H and O–H groups in total. The fourth-order valence-corrected chi connectivity index (χ4v) is 4.24. The van der Waals surface area contributed by atoms with Crippen LogP contribution in [0.2, 0.25) is 5.02 Å². The molecule has 2 heterocycles. The van der Waals surface area contributed by atoms with Gasteiger partial charge in [0.05, 0.1) is 0 Å². The second-order valence-electron chi connectivity index (χ2n) is 6.61. The first kappa shape index (κ1) is 18.8. The van der Waals surface area contributed by atoms with Crippen LogP contribution in [0, 0.1) is 0 Å². The SMILES string of the molecule is CC(=O)C1=C(C)Nc2nc(SCc3ccccc3)nn2C1c1ccc(Cl)cc1. The summed E-state index contributed by atoms with van der Waals surface area (Å²) in [6.45, 7) is 3.48. The number of nitrogens with one attached hydrogen (secondary N) is 1. The van der Waals surface area contributed by atoms with Crippen molar-refractivity contribution in [3.8, 4) is 0 Å². The van der Waals surface area contributed by atoms with Crippen LogP contribution in [0.1, 0.15) is 31.0 Å². The summed E-state index contributed by atoms with van der Waals surface area (Å²) in [6, 6.07) is 17.4. The number of thioether (sulfide) groups is 1. The first-order valence-electron chi connectivity index (χ1n) is 8.90. The molecule has 3 aromatic rings. The van der Waals surface area contributed by atoms with Crippen LogP contribution in [0.5, 0.6) is 0 Å². The van der Waals surface area contributed by atoms with Crippen molar-refractivity contribution in [2.24, 2.45) is 0 Å². The molecule has 0 fully saturated rings. The van der Waals surface area contributed by atoms with Crippen molar-refractivity contribution in [3.63, 3.8) is 0 Å². The fraction of sp³-hybridized carbons (Fsp3) is 0.190. The van der Waals surface area contributed by atoms with Gasteiger partial charge in [-0.1, -0.05) is 65.8 Å². The maximum Gasteiger partial charge on any atom is 0.227 e. The van der Waals surface area contributed by atoms with Gasteiger partial charge in [-0.25, -0.2) is 4.68 Å². The average Bonchev–Trinajstić information content (AvgIpc) is 3.09. The van der Waals surface area contributed by atoms with E-state index < -0.39 is 0 Å². The molecule has 0 saturated carbocycles. The molecule has 0 aliphatic carbocycles. The summed E-state index contributed by atoms with van der Waals surface area (Å²) >= 11 is 7.62. The van der Waals surface area contributed by atoms with Gasteiger partial charge in [0.1, 0.15) is 6.04 Å². The van der Waals surface area contributed by atoms with Gasteiger partial charge in [0.15, 0.2) is 5.78 Å². The molecule has 4 rings (SSSR count). The second-order valence-corrected chi connectivity index (χ2v) is 7.99. The Balaban J connectivity index is 1.69. The highest BCUT2D eigenvalue weighted by molar-refractivity contribution is 7.98. The van der Waals surface area contributed by atoms with Crippen molar-refractivity contribution >= 4 is 35.1 Å². The van der Waals surface area contributed by atoms with E-state index in [1.807, 2.05) is 49.4 Å². The first-order valence-corrected chi connectivity index (χ1v) is 10.3. The molecule has 1 aromatic heterocycles. The van der Waals surface area contributed by atoms with E-state index in [-0.39, 0.29) is 11.8 Å².